The summed E-state index contributed by atoms with van der Waals surface area (Å²) >= 11 is 1.69. The smallest absolute Gasteiger partial charge is 0.223 e. The van der Waals surface area contributed by atoms with Gasteiger partial charge in [-0.15, -0.1) is 0 Å². The first-order valence-electron chi connectivity index (χ1n) is 5.19. The van der Waals surface area contributed by atoms with Crippen LogP contribution in [0.25, 0.3) is 0 Å². The van der Waals surface area contributed by atoms with Crippen LogP contribution in [0.3, 0.4) is 0 Å². The van der Waals surface area contributed by atoms with Crippen LogP contribution >= 0.6 is 11.8 Å². The first kappa shape index (κ1) is 11.9. The molecule has 0 atom stereocenters. The highest BCUT2D eigenvalue weighted by Gasteiger charge is 2.27. The second-order valence-electron chi connectivity index (χ2n) is 3.64. The highest BCUT2D eigenvalue weighted by Crippen LogP contribution is 2.25. The second kappa shape index (κ2) is 6.30. The van der Waals surface area contributed by atoms with Crippen LogP contribution in [0, 0.1) is 0 Å². The van der Waals surface area contributed by atoms with Crippen LogP contribution in [0.1, 0.15) is 25.7 Å². The molecule has 0 aromatic heterocycles. The molecule has 1 aliphatic carbocycles. The van der Waals surface area contributed by atoms with Crippen molar-refractivity contribution in [2.75, 3.05) is 25.2 Å². The molecule has 82 valence electrons. The van der Waals surface area contributed by atoms with E-state index in [2.05, 4.69) is 0 Å². The second-order valence-corrected chi connectivity index (χ2v) is 4.62. The van der Waals surface area contributed by atoms with Gasteiger partial charge in [0.15, 0.2) is 0 Å². The number of nitrogens with zero attached hydrogens (tertiary/aromatic N) is 1. The largest absolute Gasteiger partial charge is 0.395 e. The predicted octanol–water partition coefficient (Wildman–Crippen LogP) is 1.11. The van der Waals surface area contributed by atoms with Crippen molar-refractivity contribution in [3.63, 3.8) is 0 Å². The molecule has 0 aromatic rings. The molecule has 3 nitrogen and oxygen atoms in total. The van der Waals surface area contributed by atoms with Crippen molar-refractivity contribution < 1.29 is 9.90 Å². The zero-order valence-electron chi connectivity index (χ0n) is 8.74. The van der Waals surface area contributed by atoms with Gasteiger partial charge in [-0.25, -0.2) is 0 Å². The number of rotatable bonds is 6. The number of carbonyl (C=O) groups is 1. The van der Waals surface area contributed by atoms with Crippen molar-refractivity contribution in [1.82, 2.24) is 4.90 Å². The Morgan fingerprint density at radius 3 is 2.71 bits per heavy atom. The molecular weight excluding hydrogens is 198 g/mol. The third kappa shape index (κ3) is 3.17. The van der Waals surface area contributed by atoms with Gasteiger partial charge in [-0.2, -0.15) is 11.8 Å². The van der Waals surface area contributed by atoms with Gasteiger partial charge >= 0.3 is 0 Å². The maximum atomic E-state index is 11.7. The molecule has 0 unspecified atom stereocenters. The summed E-state index contributed by atoms with van der Waals surface area (Å²) in [6, 6.07) is 0.413. The van der Waals surface area contributed by atoms with E-state index < -0.39 is 0 Å². The molecule has 0 aliphatic heterocycles. The summed E-state index contributed by atoms with van der Waals surface area (Å²) in [5.41, 5.74) is 0. The molecular formula is C10H19NO2S. The summed E-state index contributed by atoms with van der Waals surface area (Å²) in [5.74, 6) is 1.09. The monoisotopic (exact) mass is 217 g/mol. The van der Waals surface area contributed by atoms with Gasteiger partial charge in [0.2, 0.25) is 5.91 Å². The van der Waals surface area contributed by atoms with Gasteiger partial charge in [-0.3, -0.25) is 4.79 Å². The Morgan fingerprint density at radius 2 is 2.29 bits per heavy atom. The average molecular weight is 217 g/mol. The maximum absolute atomic E-state index is 11.7. The summed E-state index contributed by atoms with van der Waals surface area (Å²) in [7, 11) is 0. The van der Waals surface area contributed by atoms with Crippen LogP contribution in [0.4, 0.5) is 0 Å². The summed E-state index contributed by atoms with van der Waals surface area (Å²) in [6.07, 6.45) is 6.07. The van der Waals surface area contributed by atoms with E-state index >= 15 is 0 Å². The number of hydrogen-bond acceptors (Lipinski definition) is 3. The van der Waals surface area contributed by atoms with Crippen LogP contribution in [0.2, 0.25) is 0 Å². The van der Waals surface area contributed by atoms with Crippen LogP contribution in [-0.4, -0.2) is 47.1 Å². The molecule has 4 heteroatoms. The first-order chi connectivity index (χ1) is 6.79. The number of carbonyl (C=O) groups excluding carboxylic acids is 1. The van der Waals surface area contributed by atoms with Crippen LogP contribution < -0.4 is 0 Å². The summed E-state index contributed by atoms with van der Waals surface area (Å²) < 4.78 is 0. The molecule has 0 aromatic carbocycles. The summed E-state index contributed by atoms with van der Waals surface area (Å²) in [4.78, 5) is 13.6. The van der Waals surface area contributed by atoms with E-state index in [1.807, 2.05) is 11.2 Å². The Kier molecular flexibility index (Phi) is 5.33. The van der Waals surface area contributed by atoms with E-state index in [0.29, 0.717) is 19.0 Å². The molecule has 0 bridgehead atoms. The van der Waals surface area contributed by atoms with E-state index in [0.717, 1.165) is 18.6 Å². The van der Waals surface area contributed by atoms with Crippen LogP contribution in [0.5, 0.6) is 0 Å². The van der Waals surface area contributed by atoms with E-state index in [4.69, 9.17) is 5.11 Å². The molecule has 0 spiro atoms. The molecule has 0 saturated heterocycles. The van der Waals surface area contributed by atoms with Crippen molar-refractivity contribution in [2.45, 2.75) is 31.7 Å². The minimum absolute atomic E-state index is 0.0848. The fourth-order valence-electron chi connectivity index (χ4n) is 1.65. The van der Waals surface area contributed by atoms with Crippen molar-refractivity contribution in [1.29, 1.82) is 0 Å². The Hall–Kier alpha value is -0.220. The number of thioether (sulfide) groups is 1. The molecule has 0 heterocycles. The molecule has 1 rings (SSSR count). The molecule has 1 aliphatic rings. The molecule has 1 N–H and O–H groups in total. The molecule has 1 saturated carbocycles. The lowest BCUT2D eigenvalue weighted by molar-refractivity contribution is -0.135. The van der Waals surface area contributed by atoms with Gasteiger partial charge in [0, 0.05) is 24.8 Å². The first-order valence-corrected chi connectivity index (χ1v) is 6.58. The number of hydrogen-bond donors (Lipinski definition) is 1. The van der Waals surface area contributed by atoms with Gasteiger partial charge in [0.25, 0.3) is 0 Å². The van der Waals surface area contributed by atoms with Crippen molar-refractivity contribution in [3.8, 4) is 0 Å². The molecule has 1 fully saturated rings. The Balaban J connectivity index is 2.35. The number of aliphatic hydroxyl groups is 1. The fraction of sp³-hybridized carbons (Fsp3) is 0.900. The van der Waals surface area contributed by atoms with Gasteiger partial charge in [0.1, 0.15) is 0 Å². The Morgan fingerprint density at radius 1 is 1.57 bits per heavy atom. The van der Waals surface area contributed by atoms with E-state index in [1.165, 1.54) is 6.42 Å². The topological polar surface area (TPSA) is 40.5 Å². The zero-order chi connectivity index (χ0) is 10.4. The lowest BCUT2D eigenvalue weighted by Crippen LogP contribution is -2.45. The van der Waals surface area contributed by atoms with Crippen LogP contribution in [0.15, 0.2) is 0 Å². The lowest BCUT2D eigenvalue weighted by atomic mass is 9.91. The number of amides is 1. The average Bonchev–Trinajstić information content (AvgIpc) is 2.10. The molecule has 0 radical (unpaired) electrons. The minimum Gasteiger partial charge on any atom is -0.395 e. The molecule has 14 heavy (non-hydrogen) atoms. The highest BCUT2D eigenvalue weighted by atomic mass is 32.2. The van der Waals surface area contributed by atoms with Gasteiger partial charge in [-0.05, 0) is 25.5 Å². The SMILES string of the molecule is CSCCC(=O)N(CCO)C1CCC1. The normalized spacial score (nSPS) is 16.4. The Labute approximate surface area is 89.9 Å². The lowest BCUT2D eigenvalue weighted by Gasteiger charge is -2.37. The summed E-state index contributed by atoms with van der Waals surface area (Å²) in [6.45, 7) is 0.597. The molecule has 1 amide bonds. The number of aliphatic hydroxyl groups excluding tert-OH is 1. The predicted molar refractivity (Wildman–Crippen MR) is 59.4 cm³/mol. The van der Waals surface area contributed by atoms with E-state index in [-0.39, 0.29) is 12.5 Å². The minimum atomic E-state index is 0.0848. The van der Waals surface area contributed by atoms with Gasteiger partial charge in [0.05, 0.1) is 6.61 Å². The summed E-state index contributed by atoms with van der Waals surface area (Å²) in [5, 5.41) is 8.88. The van der Waals surface area contributed by atoms with Crippen molar-refractivity contribution >= 4 is 17.7 Å². The third-order valence-electron chi connectivity index (χ3n) is 2.70. The third-order valence-corrected chi connectivity index (χ3v) is 3.31. The van der Waals surface area contributed by atoms with E-state index in [1.54, 1.807) is 11.8 Å². The van der Waals surface area contributed by atoms with Gasteiger partial charge in [-0.1, -0.05) is 0 Å². The van der Waals surface area contributed by atoms with Crippen molar-refractivity contribution in [2.24, 2.45) is 0 Å². The standard InChI is InChI=1S/C10H19NO2S/c1-14-8-5-10(13)11(6-7-12)9-3-2-4-9/h9,12H,2-8H2,1H3. The fourth-order valence-corrected chi connectivity index (χ4v) is 2.03. The highest BCUT2D eigenvalue weighted by molar-refractivity contribution is 7.98. The van der Waals surface area contributed by atoms with Gasteiger partial charge < -0.3 is 10.0 Å². The maximum Gasteiger partial charge on any atom is 0.223 e. The van der Waals surface area contributed by atoms with Crippen LogP contribution in [-0.2, 0) is 4.79 Å². The van der Waals surface area contributed by atoms with E-state index in [9.17, 15) is 4.79 Å². The quantitative estimate of drug-likeness (QED) is 0.724. The Bertz CT molecular complexity index is 183. The van der Waals surface area contributed by atoms with Crippen molar-refractivity contribution in [3.05, 3.63) is 0 Å². The zero-order valence-corrected chi connectivity index (χ0v) is 9.55.